The van der Waals surface area contributed by atoms with E-state index in [-0.39, 0.29) is 12.6 Å². The van der Waals surface area contributed by atoms with Crippen LogP contribution in [-0.2, 0) is 16.1 Å². The summed E-state index contributed by atoms with van der Waals surface area (Å²) in [6.45, 7) is 6.24. The van der Waals surface area contributed by atoms with Gasteiger partial charge in [-0.05, 0) is 37.0 Å². The molecule has 1 rings (SSSR count). The molecule has 0 fully saturated rings. The molecule has 44 heavy (non-hydrogen) atoms. The van der Waals surface area contributed by atoms with Crippen LogP contribution in [0.3, 0.4) is 0 Å². The Morgan fingerprint density at radius 3 is 1.25 bits per heavy atom. The molecule has 0 unspecified atom stereocenters. The predicted molar refractivity (Wildman–Crippen MR) is 192 cm³/mol. The molecule has 0 aliphatic rings. The lowest BCUT2D eigenvalue weighted by molar-refractivity contribution is -0.144. The Morgan fingerprint density at radius 1 is 0.523 bits per heavy atom. The maximum atomic E-state index is 12.1. The Bertz CT molecular complexity index is 768. The van der Waals surface area contributed by atoms with Gasteiger partial charge in [-0.3, -0.25) is 4.79 Å². The second-order valence-electron chi connectivity index (χ2n) is 12.7. The summed E-state index contributed by atoms with van der Waals surface area (Å²) in [4.78, 5) is 12.1. The molecule has 1 aromatic carbocycles. The highest BCUT2D eigenvalue weighted by atomic mass is 79.9. The summed E-state index contributed by atoms with van der Waals surface area (Å²) in [7, 11) is 0. The molecule has 0 spiro atoms. The van der Waals surface area contributed by atoms with Crippen molar-refractivity contribution >= 4 is 21.9 Å². The summed E-state index contributed by atoms with van der Waals surface area (Å²) in [5, 5.41) is 0.807. The molecular formula is C39H69BrO4. The van der Waals surface area contributed by atoms with Gasteiger partial charge in [0.25, 0.3) is 0 Å². The van der Waals surface area contributed by atoms with Crippen molar-refractivity contribution in [2.75, 3.05) is 18.5 Å². The largest absolute Gasteiger partial charge is 0.493 e. The molecule has 0 heterocycles. The Balaban J connectivity index is 2.29. The molecule has 0 aliphatic carbocycles. The first kappa shape index (κ1) is 40.8. The van der Waals surface area contributed by atoms with Gasteiger partial charge in [0, 0.05) is 17.8 Å². The first-order valence-electron chi connectivity index (χ1n) is 18.8. The summed E-state index contributed by atoms with van der Waals surface area (Å²) in [5.74, 6) is 1.46. The predicted octanol–water partition coefficient (Wildman–Crippen LogP) is 13.1. The van der Waals surface area contributed by atoms with E-state index in [9.17, 15) is 4.79 Å². The SMILES string of the molecule is CCCCCCCCCCCCCCCCOc1cc(COC(=O)CCCBr)cc(OCCCCCCCCCCCC)c1. The van der Waals surface area contributed by atoms with Gasteiger partial charge in [-0.15, -0.1) is 0 Å². The van der Waals surface area contributed by atoms with Crippen molar-refractivity contribution in [1.82, 2.24) is 0 Å². The van der Waals surface area contributed by atoms with Gasteiger partial charge in [0.2, 0.25) is 0 Å². The first-order valence-corrected chi connectivity index (χ1v) is 19.9. The molecule has 0 atom stereocenters. The number of rotatable bonds is 33. The van der Waals surface area contributed by atoms with Crippen LogP contribution >= 0.6 is 15.9 Å². The number of esters is 1. The molecular weight excluding hydrogens is 612 g/mol. The van der Waals surface area contributed by atoms with E-state index in [2.05, 4.69) is 29.8 Å². The van der Waals surface area contributed by atoms with Gasteiger partial charge in [-0.1, -0.05) is 171 Å². The number of alkyl halides is 1. The lowest BCUT2D eigenvalue weighted by Gasteiger charge is -2.13. The average molecular weight is 682 g/mol. The van der Waals surface area contributed by atoms with Crippen molar-refractivity contribution in [3.8, 4) is 11.5 Å². The van der Waals surface area contributed by atoms with E-state index in [1.54, 1.807) is 0 Å². The van der Waals surface area contributed by atoms with Gasteiger partial charge in [0.1, 0.15) is 18.1 Å². The molecule has 0 saturated carbocycles. The van der Waals surface area contributed by atoms with Gasteiger partial charge in [-0.25, -0.2) is 0 Å². The Kier molecular flexibility index (Phi) is 29.4. The van der Waals surface area contributed by atoms with Gasteiger partial charge in [0.05, 0.1) is 13.2 Å². The van der Waals surface area contributed by atoms with Crippen LogP contribution in [0.15, 0.2) is 18.2 Å². The van der Waals surface area contributed by atoms with E-state index < -0.39 is 0 Å². The highest BCUT2D eigenvalue weighted by Crippen LogP contribution is 2.25. The van der Waals surface area contributed by atoms with Gasteiger partial charge in [-0.2, -0.15) is 0 Å². The highest BCUT2D eigenvalue weighted by Gasteiger charge is 2.08. The first-order chi connectivity index (χ1) is 21.7. The average Bonchev–Trinajstić information content (AvgIpc) is 3.03. The second-order valence-corrected chi connectivity index (χ2v) is 13.5. The van der Waals surface area contributed by atoms with Crippen LogP contribution in [0.5, 0.6) is 11.5 Å². The van der Waals surface area contributed by atoms with Crippen molar-refractivity contribution in [2.24, 2.45) is 0 Å². The number of carbonyl (C=O) groups excluding carboxylic acids is 1. The van der Waals surface area contributed by atoms with Crippen molar-refractivity contribution in [1.29, 1.82) is 0 Å². The number of unbranched alkanes of at least 4 members (excludes halogenated alkanes) is 22. The van der Waals surface area contributed by atoms with Crippen molar-refractivity contribution < 1.29 is 19.0 Å². The zero-order valence-corrected chi connectivity index (χ0v) is 30.5. The van der Waals surface area contributed by atoms with Gasteiger partial charge < -0.3 is 14.2 Å². The van der Waals surface area contributed by atoms with Crippen LogP contribution in [0.25, 0.3) is 0 Å². The van der Waals surface area contributed by atoms with Crippen LogP contribution < -0.4 is 9.47 Å². The molecule has 0 amide bonds. The second kappa shape index (κ2) is 31.7. The fraction of sp³-hybridized carbons (Fsp3) is 0.821. The molecule has 1 aromatic rings. The van der Waals surface area contributed by atoms with E-state index in [1.165, 1.54) is 141 Å². The van der Waals surface area contributed by atoms with E-state index >= 15 is 0 Å². The number of halogens is 1. The summed E-state index contributed by atoms with van der Waals surface area (Å²) in [6.07, 6.45) is 33.3. The van der Waals surface area contributed by atoms with E-state index in [4.69, 9.17) is 14.2 Å². The third-order valence-corrected chi connectivity index (χ3v) is 8.95. The zero-order chi connectivity index (χ0) is 31.8. The minimum atomic E-state index is -0.161. The number of benzene rings is 1. The molecule has 0 saturated heterocycles. The topological polar surface area (TPSA) is 44.8 Å². The third-order valence-electron chi connectivity index (χ3n) is 8.39. The van der Waals surface area contributed by atoms with Crippen LogP contribution in [-0.4, -0.2) is 24.5 Å². The normalized spacial score (nSPS) is 11.2. The maximum absolute atomic E-state index is 12.1. The molecule has 256 valence electrons. The quantitative estimate of drug-likeness (QED) is 0.0421. The van der Waals surface area contributed by atoms with Crippen LogP contribution in [0, 0.1) is 0 Å². The smallest absolute Gasteiger partial charge is 0.306 e. The Hall–Kier alpha value is -1.23. The minimum Gasteiger partial charge on any atom is -0.493 e. The lowest BCUT2D eigenvalue weighted by Crippen LogP contribution is -2.06. The van der Waals surface area contributed by atoms with E-state index in [1.807, 2.05) is 18.2 Å². The number of hydrogen-bond acceptors (Lipinski definition) is 4. The standard InChI is InChI=1S/C39H69BrO4/c1-3-5-7-9-11-13-15-16-17-18-20-22-24-26-31-43-38-33-36(35-44-39(41)28-27-29-40)32-37(34-38)42-30-25-23-21-19-14-12-10-8-6-4-2/h32-34H,3-31,35H2,1-2H3. The van der Waals surface area contributed by atoms with E-state index in [0.717, 1.165) is 41.7 Å². The number of hydrogen-bond donors (Lipinski definition) is 0. The molecule has 4 nitrogen and oxygen atoms in total. The molecule has 0 aromatic heterocycles. The summed E-state index contributed by atoms with van der Waals surface area (Å²) in [6, 6.07) is 5.98. The summed E-state index contributed by atoms with van der Waals surface area (Å²) in [5.41, 5.74) is 0.925. The maximum Gasteiger partial charge on any atom is 0.306 e. The lowest BCUT2D eigenvalue weighted by atomic mass is 10.0. The fourth-order valence-corrected chi connectivity index (χ4v) is 5.87. The highest BCUT2D eigenvalue weighted by molar-refractivity contribution is 9.09. The summed E-state index contributed by atoms with van der Waals surface area (Å²) >= 11 is 3.38. The third kappa shape index (κ3) is 26.0. The molecule has 5 heteroatoms. The Labute approximate surface area is 281 Å². The molecule has 0 N–H and O–H groups in total. The van der Waals surface area contributed by atoms with Crippen molar-refractivity contribution in [3.63, 3.8) is 0 Å². The molecule has 0 radical (unpaired) electrons. The monoisotopic (exact) mass is 680 g/mol. The van der Waals surface area contributed by atoms with Crippen LogP contribution in [0.4, 0.5) is 0 Å². The van der Waals surface area contributed by atoms with Crippen molar-refractivity contribution in [3.05, 3.63) is 23.8 Å². The minimum absolute atomic E-state index is 0.161. The zero-order valence-electron chi connectivity index (χ0n) is 29.0. The van der Waals surface area contributed by atoms with E-state index in [0.29, 0.717) is 19.6 Å². The Morgan fingerprint density at radius 2 is 0.886 bits per heavy atom. The van der Waals surface area contributed by atoms with Crippen LogP contribution in [0.1, 0.15) is 186 Å². The molecule has 0 bridgehead atoms. The number of carbonyl (C=O) groups is 1. The number of ether oxygens (including phenoxy) is 3. The van der Waals surface area contributed by atoms with Crippen molar-refractivity contribution in [2.45, 2.75) is 187 Å². The van der Waals surface area contributed by atoms with Gasteiger partial charge in [0.15, 0.2) is 0 Å². The van der Waals surface area contributed by atoms with Gasteiger partial charge >= 0.3 is 5.97 Å². The fourth-order valence-electron chi connectivity index (χ4n) is 5.59. The van der Waals surface area contributed by atoms with Crippen LogP contribution in [0.2, 0.25) is 0 Å². The summed E-state index contributed by atoms with van der Waals surface area (Å²) < 4.78 is 17.8. The molecule has 0 aliphatic heterocycles.